The fourth-order valence-corrected chi connectivity index (χ4v) is 9.10. The van der Waals surface area contributed by atoms with Crippen molar-refractivity contribution in [2.24, 2.45) is 0 Å². The van der Waals surface area contributed by atoms with E-state index in [2.05, 4.69) is 0 Å². The molecule has 4 heteroatoms. The summed E-state index contributed by atoms with van der Waals surface area (Å²) in [7, 11) is 0. The second-order valence-electron chi connectivity index (χ2n) is 14.1. The lowest BCUT2D eigenvalue weighted by Crippen LogP contribution is -1.97. The summed E-state index contributed by atoms with van der Waals surface area (Å²) in [5, 5.41) is -4.20. The zero-order valence-corrected chi connectivity index (χ0v) is 32.6. The van der Waals surface area contributed by atoms with Crippen molar-refractivity contribution in [1.29, 1.82) is 0 Å². The number of para-hydroxylation sites is 4. The number of fused-ring (bicyclic) bond motifs is 12. The van der Waals surface area contributed by atoms with Gasteiger partial charge in [-0.25, -0.2) is 0 Å². The Morgan fingerprint density at radius 1 is 0.297 bits per heavy atom. The van der Waals surface area contributed by atoms with Crippen LogP contribution in [0, 0.1) is 0 Å². The number of thiophene rings is 1. The monoisotopic (exact) mass is 867 g/mol. The van der Waals surface area contributed by atoms with Crippen molar-refractivity contribution < 1.29 is 49.3 Å². The van der Waals surface area contributed by atoms with E-state index in [0.29, 0.717) is 11.3 Å². The van der Waals surface area contributed by atoms with Crippen molar-refractivity contribution in [3.8, 4) is 39.3 Å². The molecule has 4 aromatic heterocycles. The van der Waals surface area contributed by atoms with E-state index in [4.69, 9.17) is 26.0 Å². The van der Waals surface area contributed by atoms with E-state index in [0.717, 1.165) is 19.8 Å². The van der Waals surface area contributed by atoms with E-state index in [9.17, 15) is 23.3 Å². The zero-order chi connectivity index (χ0) is 73.2. The summed E-state index contributed by atoms with van der Waals surface area (Å²) in [6.07, 6.45) is 0. The molecular formula is C60H37N3S. The van der Waals surface area contributed by atoms with Gasteiger partial charge in [0.15, 0.2) is 0 Å². The maximum absolute atomic E-state index is 10.3. The molecule has 0 aliphatic rings. The molecule has 0 N–H and O–H groups in total. The lowest BCUT2D eigenvalue weighted by Gasteiger charge is -2.12. The van der Waals surface area contributed by atoms with Crippen molar-refractivity contribution in [3.63, 3.8) is 0 Å². The lowest BCUT2D eigenvalue weighted by atomic mass is 9.98. The van der Waals surface area contributed by atoms with Gasteiger partial charge in [-0.2, -0.15) is 0 Å². The summed E-state index contributed by atoms with van der Waals surface area (Å²) < 4.78 is 333. The highest BCUT2D eigenvalue weighted by Crippen LogP contribution is 2.44. The van der Waals surface area contributed by atoms with Crippen LogP contribution in [0.15, 0.2) is 224 Å². The van der Waals surface area contributed by atoms with Crippen LogP contribution >= 0.6 is 11.3 Å². The van der Waals surface area contributed by atoms with Crippen LogP contribution in [0.4, 0.5) is 0 Å². The Labute approximate surface area is 423 Å². The van der Waals surface area contributed by atoms with Gasteiger partial charge in [0.25, 0.3) is 0 Å². The average Bonchev–Trinajstić information content (AvgIpc) is 1.51. The molecular weight excluding hydrogens is 795 g/mol. The third-order valence-electron chi connectivity index (χ3n) is 10.7. The molecule has 14 rings (SSSR count). The normalized spacial score (nSPS) is 19.9. The van der Waals surface area contributed by atoms with Crippen LogP contribution in [0.5, 0.6) is 0 Å². The molecule has 14 aromatic rings. The molecule has 0 spiro atoms. The number of nitrogens with zero attached hydrogens (tertiary/aromatic N) is 3. The Balaban J connectivity index is 1.13. The third-order valence-corrected chi connectivity index (χ3v) is 11.8. The van der Waals surface area contributed by atoms with Gasteiger partial charge in [0.2, 0.25) is 0 Å². The van der Waals surface area contributed by atoms with Crippen LogP contribution in [0.25, 0.3) is 125 Å². The smallest absolute Gasteiger partial charge is 0.0652 e. The molecule has 0 atom stereocenters. The first-order valence-electron chi connectivity index (χ1n) is 37.0. The average molecular weight is 868 g/mol. The van der Waals surface area contributed by atoms with Gasteiger partial charge < -0.3 is 13.7 Å². The Morgan fingerprint density at radius 3 is 1.48 bits per heavy atom. The summed E-state index contributed by atoms with van der Waals surface area (Å²) in [5.74, 6) is 0. The highest BCUT2D eigenvalue weighted by Gasteiger charge is 2.20. The van der Waals surface area contributed by atoms with Gasteiger partial charge in [0.1, 0.15) is 0 Å². The van der Waals surface area contributed by atoms with E-state index < -0.39 is 327 Å². The summed E-state index contributed by atoms with van der Waals surface area (Å²) in [4.78, 5) is 0. The predicted molar refractivity (Wildman–Crippen MR) is 273 cm³/mol. The molecule has 3 nitrogen and oxygen atoms in total. The Morgan fingerprint density at radius 2 is 0.797 bits per heavy atom. The SMILES string of the molecule is [2H]c1cc2c3c([2H])c([2H])c([2H])c([2H])c3n(-c3c([2H])c([2H])c4c(c3[2H])c3c([2H])c([2H])c([2H])c([2H])c3n4-c3c([2H])c([2H])c4c(c3[2H])c3c([2H])c([2H])c([2H])c([2H])c3n4-c3c([2H])c([2H])c([2H])c4sc5c([2H])c(-c6c([2H])c([2H])c([2H])c(-c7c([2H])c([2H])c([2H])c([2H])c7[2H])c6[2H])c([2H])c([2H])c5c34)c2c([2H])c1[2H]. The van der Waals surface area contributed by atoms with Crippen LogP contribution in [0.2, 0.25) is 0 Å². The minimum absolute atomic E-state index is 0.220. The number of aromatic nitrogens is 3. The molecule has 0 saturated carbocycles. The molecule has 4 heterocycles. The molecule has 0 fully saturated rings. The van der Waals surface area contributed by atoms with Crippen LogP contribution in [0.1, 0.15) is 49.3 Å². The van der Waals surface area contributed by atoms with Crippen LogP contribution in [0.3, 0.4) is 0 Å². The summed E-state index contributed by atoms with van der Waals surface area (Å²) in [6.45, 7) is 0. The van der Waals surface area contributed by atoms with Crippen LogP contribution < -0.4 is 0 Å². The highest BCUT2D eigenvalue weighted by molar-refractivity contribution is 7.26. The van der Waals surface area contributed by atoms with Gasteiger partial charge in [-0.15, -0.1) is 11.3 Å². The minimum atomic E-state index is -1.13. The largest absolute Gasteiger partial charge is 0.309 e. The first kappa shape index (κ1) is 15.3. The van der Waals surface area contributed by atoms with E-state index in [1.807, 2.05) is 0 Å². The van der Waals surface area contributed by atoms with E-state index in [1.165, 1.54) is 0 Å². The van der Waals surface area contributed by atoms with Crippen molar-refractivity contribution in [1.82, 2.24) is 13.7 Å². The molecule has 0 bridgehead atoms. The fourth-order valence-electron chi connectivity index (χ4n) is 8.08. The van der Waals surface area contributed by atoms with E-state index in [1.54, 1.807) is 0 Å². The van der Waals surface area contributed by atoms with Gasteiger partial charge in [-0.05, 0) is 107 Å². The molecule has 64 heavy (non-hydrogen) atoms. The van der Waals surface area contributed by atoms with Crippen LogP contribution in [-0.2, 0) is 0 Å². The van der Waals surface area contributed by atoms with Crippen LogP contribution in [-0.4, -0.2) is 13.7 Å². The summed E-state index contributed by atoms with van der Waals surface area (Å²) in [6, 6.07) is -31.9. The molecule has 0 aliphatic carbocycles. The maximum atomic E-state index is 10.3. The predicted octanol–water partition coefficient (Wildman–Crippen LogP) is 16.7. The quantitative estimate of drug-likeness (QED) is 0.164. The topological polar surface area (TPSA) is 14.8 Å². The number of rotatable bonds is 5. The summed E-state index contributed by atoms with van der Waals surface area (Å²) in [5.41, 5.74) is -9.27. The van der Waals surface area contributed by atoms with Gasteiger partial charge in [-0.3, -0.25) is 0 Å². The second kappa shape index (κ2) is 13.7. The molecule has 0 unspecified atom stereocenters. The molecule has 0 amide bonds. The standard InChI is InChI=1S/C60H37N3S/c1-2-14-38(15-3-1)39-16-12-17-40(34-39)41-28-31-48-59(35-41)64-58-27-13-26-57(60(48)58)63-54-25-11-7-21-47(54)50-37-43(30-33-56(50)63)62-53-24-10-6-20-46(53)49-36-42(29-32-55(49)62)61-51-22-8-4-18-44(51)45-19-5-9-23-52(45)61/h1-37H/i1D,2D,3D,4D,5D,6D,7D,8D,9D,10D,11D,12D,13D,14D,15D,16D,17D,18D,20D,21D,22D,23D,24D,25D,26D,27D,28D,29D,30D,31D,32D,33D,34D,35D,36D,37D. The Kier molecular flexibility index (Phi) is 3.26. The Bertz CT molecular complexity index is 6330. The fraction of sp³-hybridized carbons (Fsp3) is 0. The zero-order valence-electron chi connectivity index (χ0n) is 67.8. The third kappa shape index (κ3) is 5.15. The van der Waals surface area contributed by atoms with Crippen molar-refractivity contribution in [3.05, 3.63) is 224 Å². The number of hydrogen-bond acceptors (Lipinski definition) is 1. The number of hydrogen-bond donors (Lipinski definition) is 0. The molecule has 0 radical (unpaired) electrons. The molecule has 0 saturated heterocycles. The highest BCUT2D eigenvalue weighted by atomic mass is 32.1. The lowest BCUT2D eigenvalue weighted by molar-refractivity contribution is 1.16. The van der Waals surface area contributed by atoms with Gasteiger partial charge in [-0.1, -0.05) is 139 Å². The van der Waals surface area contributed by atoms with E-state index >= 15 is 0 Å². The summed E-state index contributed by atoms with van der Waals surface area (Å²) >= 11 is 0.484. The molecule has 0 aliphatic heterocycles. The minimum Gasteiger partial charge on any atom is -0.309 e. The first-order chi connectivity index (χ1) is 46.8. The second-order valence-corrected chi connectivity index (χ2v) is 15.1. The van der Waals surface area contributed by atoms with Gasteiger partial charge in [0.05, 0.1) is 88.1 Å². The van der Waals surface area contributed by atoms with Crippen molar-refractivity contribution in [2.75, 3.05) is 0 Å². The number of benzene rings is 10. The van der Waals surface area contributed by atoms with Crippen molar-refractivity contribution in [2.45, 2.75) is 0 Å². The van der Waals surface area contributed by atoms with Gasteiger partial charge in [0, 0.05) is 63.9 Å². The Hall–Kier alpha value is -8.18. The maximum Gasteiger partial charge on any atom is 0.0652 e. The van der Waals surface area contributed by atoms with E-state index in [-0.39, 0.29) is 15.5 Å². The van der Waals surface area contributed by atoms with Crippen molar-refractivity contribution >= 4 is 96.9 Å². The first-order valence-corrected chi connectivity index (χ1v) is 19.8. The van der Waals surface area contributed by atoms with Gasteiger partial charge >= 0.3 is 0 Å². The molecule has 298 valence electrons. The molecule has 10 aromatic carbocycles.